The Morgan fingerprint density at radius 3 is 2.55 bits per heavy atom. The van der Waals surface area contributed by atoms with Gasteiger partial charge in [-0.1, -0.05) is 18.2 Å². The van der Waals surface area contributed by atoms with Crippen LogP contribution in [-0.4, -0.2) is 56.3 Å². The van der Waals surface area contributed by atoms with Crippen LogP contribution in [0.4, 0.5) is 4.39 Å². The van der Waals surface area contributed by atoms with Crippen molar-refractivity contribution in [1.82, 2.24) is 9.21 Å². The van der Waals surface area contributed by atoms with Gasteiger partial charge in [0, 0.05) is 26.2 Å². The summed E-state index contributed by atoms with van der Waals surface area (Å²) in [5, 5.41) is 0. The van der Waals surface area contributed by atoms with E-state index < -0.39 is 15.8 Å². The molecule has 0 spiro atoms. The van der Waals surface area contributed by atoms with Crippen molar-refractivity contribution in [3.8, 4) is 5.75 Å². The lowest BCUT2D eigenvalue weighted by Crippen LogP contribution is -2.43. The molecule has 2 heterocycles. The second-order valence-corrected chi connectivity index (χ2v) is 9.29. The number of hydrogen-bond donors (Lipinski definition) is 0. The van der Waals surface area contributed by atoms with Crippen LogP contribution in [0.2, 0.25) is 0 Å². The lowest BCUT2D eigenvalue weighted by atomic mass is 9.95. The zero-order chi connectivity index (χ0) is 20.4. The first-order valence-corrected chi connectivity index (χ1v) is 11.1. The van der Waals surface area contributed by atoms with E-state index in [2.05, 4.69) is 0 Å². The van der Waals surface area contributed by atoms with E-state index >= 15 is 0 Å². The van der Waals surface area contributed by atoms with Gasteiger partial charge in [-0.15, -0.1) is 0 Å². The third-order valence-electron chi connectivity index (χ3n) is 5.45. The van der Waals surface area contributed by atoms with Crippen molar-refractivity contribution >= 4 is 15.9 Å². The van der Waals surface area contributed by atoms with Crippen molar-refractivity contribution in [3.63, 3.8) is 0 Å². The minimum atomic E-state index is -3.71. The van der Waals surface area contributed by atoms with Gasteiger partial charge in [-0.05, 0) is 48.7 Å². The molecule has 1 fully saturated rings. The Labute approximate surface area is 169 Å². The van der Waals surface area contributed by atoms with E-state index in [-0.39, 0.29) is 23.3 Å². The van der Waals surface area contributed by atoms with Crippen LogP contribution in [0, 0.1) is 11.7 Å². The molecule has 2 aliphatic heterocycles. The molecule has 1 atom stereocenters. The number of fused-ring (bicyclic) bond motifs is 1. The molecule has 0 aliphatic carbocycles. The monoisotopic (exact) mass is 418 g/mol. The largest absolute Gasteiger partial charge is 0.492 e. The van der Waals surface area contributed by atoms with Crippen LogP contribution >= 0.6 is 0 Å². The molecule has 0 saturated carbocycles. The average molecular weight is 418 g/mol. The number of hydrogen-bond acceptors (Lipinski definition) is 4. The van der Waals surface area contributed by atoms with Gasteiger partial charge in [0.05, 0.1) is 10.8 Å². The third-order valence-corrected chi connectivity index (χ3v) is 7.36. The van der Waals surface area contributed by atoms with E-state index in [1.54, 1.807) is 4.90 Å². The number of sulfonamides is 1. The Kier molecular flexibility index (Phi) is 5.56. The summed E-state index contributed by atoms with van der Waals surface area (Å²) in [5.74, 6) is 0.0857. The maximum absolute atomic E-state index is 13.1. The number of carbonyl (C=O) groups is 1. The first kappa shape index (κ1) is 19.8. The van der Waals surface area contributed by atoms with Gasteiger partial charge in [-0.2, -0.15) is 4.31 Å². The fourth-order valence-electron chi connectivity index (χ4n) is 3.85. The Hall–Kier alpha value is -2.45. The maximum Gasteiger partial charge on any atom is 0.243 e. The summed E-state index contributed by atoms with van der Waals surface area (Å²) >= 11 is 0. The number of ether oxygens (including phenoxy) is 1. The van der Waals surface area contributed by atoms with E-state index in [4.69, 9.17) is 4.74 Å². The number of halogens is 1. The van der Waals surface area contributed by atoms with Crippen LogP contribution in [0.15, 0.2) is 53.4 Å². The van der Waals surface area contributed by atoms with Crippen molar-refractivity contribution in [2.45, 2.75) is 17.7 Å². The van der Waals surface area contributed by atoms with Crippen LogP contribution in [0.1, 0.15) is 12.0 Å². The molecule has 154 valence electrons. The van der Waals surface area contributed by atoms with E-state index in [1.165, 1.54) is 16.4 Å². The first-order valence-electron chi connectivity index (χ1n) is 9.70. The van der Waals surface area contributed by atoms with Crippen molar-refractivity contribution in [2.24, 2.45) is 5.92 Å². The Morgan fingerprint density at radius 2 is 1.76 bits per heavy atom. The van der Waals surface area contributed by atoms with Gasteiger partial charge in [0.1, 0.15) is 18.2 Å². The molecule has 0 radical (unpaired) electrons. The van der Waals surface area contributed by atoms with Gasteiger partial charge in [0.25, 0.3) is 0 Å². The number of rotatable bonds is 3. The lowest BCUT2D eigenvalue weighted by molar-refractivity contribution is -0.136. The Morgan fingerprint density at radius 1 is 1.00 bits per heavy atom. The molecule has 1 unspecified atom stereocenters. The smallest absolute Gasteiger partial charge is 0.243 e. The molecule has 8 heteroatoms. The summed E-state index contributed by atoms with van der Waals surface area (Å²) in [6.07, 6.45) is 1.18. The number of amides is 1. The minimum absolute atomic E-state index is 0.000494. The van der Waals surface area contributed by atoms with E-state index in [0.717, 1.165) is 23.4 Å². The predicted molar refractivity (Wildman–Crippen MR) is 105 cm³/mol. The second-order valence-electron chi connectivity index (χ2n) is 7.36. The maximum atomic E-state index is 13.1. The topological polar surface area (TPSA) is 66.9 Å². The molecule has 4 rings (SSSR count). The highest BCUT2D eigenvalue weighted by atomic mass is 32.2. The van der Waals surface area contributed by atoms with E-state index in [9.17, 15) is 17.6 Å². The van der Waals surface area contributed by atoms with Gasteiger partial charge in [-0.3, -0.25) is 4.79 Å². The van der Waals surface area contributed by atoms with Crippen LogP contribution in [0.5, 0.6) is 5.75 Å². The average Bonchev–Trinajstić information content (AvgIpc) is 3.00. The van der Waals surface area contributed by atoms with Crippen LogP contribution in [0.25, 0.3) is 0 Å². The SMILES string of the molecule is O=C(C1COc2ccccc2C1)N1CCCN(S(=O)(=O)c2ccc(F)cc2)CC1. The molecule has 0 aromatic heterocycles. The summed E-state index contributed by atoms with van der Waals surface area (Å²) in [7, 11) is -3.71. The van der Waals surface area contributed by atoms with Crippen LogP contribution < -0.4 is 4.74 Å². The van der Waals surface area contributed by atoms with E-state index in [1.807, 2.05) is 24.3 Å². The number of carbonyl (C=O) groups excluding carboxylic acids is 1. The Bertz CT molecular complexity index is 994. The molecule has 2 aliphatic rings. The van der Waals surface area contributed by atoms with Gasteiger partial charge >= 0.3 is 0 Å². The van der Waals surface area contributed by atoms with Crippen molar-refractivity contribution in [1.29, 1.82) is 0 Å². The number of benzene rings is 2. The summed E-state index contributed by atoms with van der Waals surface area (Å²) in [6, 6.07) is 12.5. The molecular formula is C21H23FN2O4S. The van der Waals surface area contributed by atoms with Gasteiger partial charge < -0.3 is 9.64 Å². The number of para-hydroxylation sites is 1. The van der Waals surface area contributed by atoms with Crippen molar-refractivity contribution in [2.75, 3.05) is 32.8 Å². The molecule has 1 saturated heterocycles. The standard InChI is InChI=1S/C21H23FN2O4S/c22-18-6-8-19(9-7-18)29(26,27)24-11-3-10-23(12-13-24)21(25)17-14-16-4-1-2-5-20(16)28-15-17/h1-2,4-9,17H,3,10-15H2. The van der Waals surface area contributed by atoms with Gasteiger partial charge in [0.15, 0.2) is 0 Å². The highest BCUT2D eigenvalue weighted by molar-refractivity contribution is 7.89. The van der Waals surface area contributed by atoms with Crippen LogP contribution in [0.3, 0.4) is 0 Å². The molecule has 6 nitrogen and oxygen atoms in total. The normalized spacial score (nSPS) is 20.4. The predicted octanol–water partition coefficient (Wildman–Crippen LogP) is 2.30. The molecule has 1 amide bonds. The summed E-state index contributed by atoms with van der Waals surface area (Å²) in [6.45, 7) is 1.72. The van der Waals surface area contributed by atoms with Gasteiger partial charge in [-0.25, -0.2) is 12.8 Å². The lowest BCUT2D eigenvalue weighted by Gasteiger charge is -2.29. The molecular weight excluding hydrogens is 395 g/mol. The Balaban J connectivity index is 1.42. The minimum Gasteiger partial charge on any atom is -0.492 e. The third kappa shape index (κ3) is 4.13. The fourth-order valence-corrected chi connectivity index (χ4v) is 5.32. The highest BCUT2D eigenvalue weighted by Gasteiger charge is 2.32. The zero-order valence-electron chi connectivity index (χ0n) is 16.0. The van der Waals surface area contributed by atoms with E-state index in [0.29, 0.717) is 39.1 Å². The molecule has 0 bridgehead atoms. The summed E-state index contributed by atoms with van der Waals surface area (Å²) in [4.78, 5) is 14.8. The zero-order valence-corrected chi connectivity index (χ0v) is 16.8. The molecule has 29 heavy (non-hydrogen) atoms. The first-order chi connectivity index (χ1) is 13.9. The molecule has 0 N–H and O–H groups in total. The summed E-state index contributed by atoms with van der Waals surface area (Å²) in [5.41, 5.74) is 1.02. The molecule has 2 aromatic rings. The quantitative estimate of drug-likeness (QED) is 0.767. The van der Waals surface area contributed by atoms with Crippen molar-refractivity contribution < 1.29 is 22.3 Å². The highest BCUT2D eigenvalue weighted by Crippen LogP contribution is 2.28. The fraction of sp³-hybridized carbons (Fsp3) is 0.381. The second kappa shape index (κ2) is 8.12. The molecule has 2 aromatic carbocycles. The van der Waals surface area contributed by atoms with Crippen LogP contribution in [-0.2, 0) is 21.2 Å². The van der Waals surface area contributed by atoms with Crippen molar-refractivity contribution in [3.05, 3.63) is 59.9 Å². The number of nitrogens with zero attached hydrogens (tertiary/aromatic N) is 2. The summed E-state index contributed by atoms with van der Waals surface area (Å²) < 4.78 is 45.9. The van der Waals surface area contributed by atoms with Gasteiger partial charge in [0.2, 0.25) is 15.9 Å².